The van der Waals surface area contributed by atoms with E-state index in [1.165, 1.54) is 0 Å². The van der Waals surface area contributed by atoms with E-state index in [-0.39, 0.29) is 23.7 Å². The number of hydrogen-bond acceptors (Lipinski definition) is 18. The molecule has 8 aromatic rings. The molecule has 5 heterocycles. The molecule has 4 aromatic heterocycles. The summed E-state index contributed by atoms with van der Waals surface area (Å²) in [4.78, 5) is 46.1. The van der Waals surface area contributed by atoms with Crippen LogP contribution in [0.5, 0.6) is 23.0 Å². The minimum atomic E-state index is -0.0734. The van der Waals surface area contributed by atoms with Gasteiger partial charge in [0.2, 0.25) is 23.4 Å². The number of rotatable bonds is 18. The number of halogens is 2. The molecular formula is C54H60Cl2N12O8. The van der Waals surface area contributed by atoms with Crippen molar-refractivity contribution < 1.29 is 37.4 Å². The second kappa shape index (κ2) is 23.9. The highest BCUT2D eigenvalue weighted by Gasteiger charge is 2.25. The van der Waals surface area contributed by atoms with Crippen LogP contribution in [-0.4, -0.2) is 96.2 Å². The van der Waals surface area contributed by atoms with Crippen LogP contribution in [0.1, 0.15) is 81.2 Å². The lowest BCUT2D eigenvalue weighted by atomic mass is 10.0. The van der Waals surface area contributed by atoms with E-state index < -0.39 is 0 Å². The summed E-state index contributed by atoms with van der Waals surface area (Å²) in [7, 11) is 6.25. The van der Waals surface area contributed by atoms with Crippen LogP contribution in [0.25, 0.3) is 21.9 Å². The number of likely N-dealkylation sites (tertiary alicyclic amines) is 1. The van der Waals surface area contributed by atoms with Gasteiger partial charge in [0.15, 0.2) is 22.7 Å². The molecule has 0 saturated carbocycles. The molecule has 1 aliphatic rings. The molecule has 0 aliphatic carbocycles. The molecule has 22 heteroatoms. The number of carbonyl (C=O) groups excluding carboxylic acids is 2. The van der Waals surface area contributed by atoms with E-state index in [1.54, 1.807) is 82.1 Å². The van der Waals surface area contributed by atoms with Crippen LogP contribution in [0, 0.1) is 0 Å². The third-order valence-corrected chi connectivity index (χ3v) is 13.4. The maximum atomic E-state index is 13.1. The summed E-state index contributed by atoms with van der Waals surface area (Å²) in [5.74, 6) is 3.99. The molecule has 10 N–H and O–H groups in total. The molecule has 9 rings (SSSR count). The molecule has 0 atom stereocenters. The average Bonchev–Trinajstić information content (AvgIpc) is 4.25. The van der Waals surface area contributed by atoms with Gasteiger partial charge in [-0.25, -0.2) is 9.97 Å². The number of carbonyl (C=O) groups is 2. The van der Waals surface area contributed by atoms with Gasteiger partial charge in [-0.2, -0.15) is 9.97 Å². The fourth-order valence-electron chi connectivity index (χ4n) is 9.07. The quantitative estimate of drug-likeness (QED) is 0.0467. The van der Waals surface area contributed by atoms with Crippen molar-refractivity contribution in [2.24, 2.45) is 0 Å². The summed E-state index contributed by atoms with van der Waals surface area (Å²) < 4.78 is 34.8. The minimum Gasteiger partial charge on any atom is -0.493 e. The van der Waals surface area contributed by atoms with Gasteiger partial charge in [0.05, 0.1) is 52.7 Å². The molecule has 4 aromatic carbocycles. The Morgan fingerprint density at radius 1 is 0.632 bits per heavy atom. The smallest absolute Gasteiger partial charge is 0.255 e. The number of benzene rings is 4. The number of amides is 2. The number of nitrogens with zero attached hydrogens (tertiary/aromatic N) is 6. The van der Waals surface area contributed by atoms with Crippen LogP contribution in [0.4, 0.5) is 34.9 Å². The van der Waals surface area contributed by atoms with Gasteiger partial charge in [-0.1, -0.05) is 23.2 Å². The van der Waals surface area contributed by atoms with Crippen molar-refractivity contribution in [2.45, 2.75) is 52.6 Å². The van der Waals surface area contributed by atoms with Crippen LogP contribution in [-0.2, 0) is 25.9 Å². The Hall–Kier alpha value is -8.36. The average molecular weight is 1080 g/mol. The summed E-state index contributed by atoms with van der Waals surface area (Å²) in [6.45, 7) is 7.24. The topological polar surface area (TPSA) is 284 Å². The van der Waals surface area contributed by atoms with E-state index in [1.807, 2.05) is 43.0 Å². The normalized spacial score (nSPS) is 12.1. The molecule has 0 radical (unpaired) electrons. The van der Waals surface area contributed by atoms with Crippen LogP contribution in [0.2, 0.25) is 10.0 Å². The Labute approximate surface area is 448 Å². The van der Waals surface area contributed by atoms with E-state index in [0.717, 1.165) is 53.4 Å². The lowest BCUT2D eigenvalue weighted by molar-refractivity contribution is 0.0771. The molecule has 1 aliphatic heterocycles. The molecule has 1 saturated heterocycles. The molecule has 1 fully saturated rings. The predicted molar refractivity (Wildman–Crippen MR) is 296 cm³/mol. The lowest BCUT2D eigenvalue weighted by Crippen LogP contribution is -2.31. The number of nitrogens with two attached hydrogens (primary N) is 4. The second-order valence-electron chi connectivity index (χ2n) is 17.6. The van der Waals surface area contributed by atoms with Crippen molar-refractivity contribution in [3.63, 3.8) is 0 Å². The highest BCUT2D eigenvalue weighted by molar-refractivity contribution is 6.31. The zero-order chi connectivity index (χ0) is 54.2. The van der Waals surface area contributed by atoms with Crippen molar-refractivity contribution in [3.8, 4) is 23.0 Å². The summed E-state index contributed by atoms with van der Waals surface area (Å²) >= 11 is 12.5. The Kier molecular flexibility index (Phi) is 16.9. The number of fused-ring (bicyclic) bond motifs is 2. The van der Waals surface area contributed by atoms with E-state index in [0.29, 0.717) is 134 Å². The fourth-order valence-corrected chi connectivity index (χ4v) is 9.41. The van der Waals surface area contributed by atoms with Crippen molar-refractivity contribution in [2.75, 3.05) is 88.2 Å². The minimum absolute atomic E-state index is 0.0109. The Balaban J connectivity index is 0.000000201. The number of methoxy groups -OCH3 is 4. The SMILES string of the molecule is CCN(CC)C(=O)c1ccc(Cl)cc1NCc1cc2c(Cc3cnc(N)nc3N)cc(OC)c(OC)c2o1.COc1cc(Cc2cnc(N)nc2N)c2cc(CNc3cc(Cl)ccc3C(=O)N3CCCC3)oc2c1OC. The Bertz CT molecular complexity index is 3200. The van der Waals surface area contributed by atoms with Gasteiger partial charge in [0.1, 0.15) is 23.2 Å². The molecule has 20 nitrogen and oxygen atoms in total. The van der Waals surface area contributed by atoms with Crippen molar-refractivity contribution in [1.29, 1.82) is 0 Å². The maximum Gasteiger partial charge on any atom is 0.255 e. The molecule has 0 bridgehead atoms. The molecule has 76 heavy (non-hydrogen) atoms. The van der Waals surface area contributed by atoms with Crippen LogP contribution in [0.3, 0.4) is 0 Å². The first-order valence-electron chi connectivity index (χ1n) is 24.4. The summed E-state index contributed by atoms with van der Waals surface area (Å²) in [6.07, 6.45) is 6.10. The maximum absolute atomic E-state index is 13.1. The highest BCUT2D eigenvalue weighted by atomic mass is 35.5. The van der Waals surface area contributed by atoms with Crippen molar-refractivity contribution in [3.05, 3.63) is 128 Å². The number of aromatic nitrogens is 4. The molecule has 2 amide bonds. The van der Waals surface area contributed by atoms with E-state index in [4.69, 9.17) is 73.9 Å². The van der Waals surface area contributed by atoms with E-state index in [2.05, 4.69) is 30.6 Å². The van der Waals surface area contributed by atoms with Gasteiger partial charge in [-0.3, -0.25) is 9.59 Å². The number of hydrogen-bond donors (Lipinski definition) is 6. The van der Waals surface area contributed by atoms with Gasteiger partial charge in [0.25, 0.3) is 11.8 Å². The van der Waals surface area contributed by atoms with Gasteiger partial charge < -0.3 is 71.1 Å². The zero-order valence-corrected chi connectivity index (χ0v) is 44.5. The summed E-state index contributed by atoms with van der Waals surface area (Å²) in [6, 6.07) is 18.0. The number of nitrogen functional groups attached to an aromatic ring is 4. The first-order chi connectivity index (χ1) is 36.7. The summed E-state index contributed by atoms with van der Waals surface area (Å²) in [5.41, 5.74) is 30.1. The molecular weight excluding hydrogens is 1020 g/mol. The highest BCUT2D eigenvalue weighted by Crippen LogP contribution is 2.43. The Morgan fingerprint density at radius 2 is 1.08 bits per heavy atom. The predicted octanol–water partition coefficient (Wildman–Crippen LogP) is 9.24. The van der Waals surface area contributed by atoms with Crippen LogP contribution < -0.4 is 52.5 Å². The molecule has 398 valence electrons. The number of ether oxygens (including phenoxy) is 4. The largest absolute Gasteiger partial charge is 0.493 e. The standard InChI is InChI=1S/C27H29ClN6O4.C27H31ClN6O4/c1-36-22-10-15(9-16-13-32-27(30)33-25(16)29)20-12-18(38-23(20)24(22)37-2)14-31-21-11-17(28)5-6-19(21)26(35)34-7-3-4-8-34;1-5-34(6-2)26(35)19-8-7-17(28)11-21(19)31-14-18-12-20-15(9-16-13-32-27(30)33-25(16)29)10-22(36-3)24(37-4)23(20)38-18/h5-6,10-13,31H,3-4,7-9,14H2,1-2H3,(H4,29,30,32,33);7-8,10-13,31H,5-6,9,14H2,1-4H3,(H4,29,30,32,33). The van der Waals surface area contributed by atoms with Crippen LogP contribution >= 0.6 is 23.2 Å². The second-order valence-corrected chi connectivity index (χ2v) is 18.5. The number of furan rings is 2. The van der Waals surface area contributed by atoms with Gasteiger partial charge in [0, 0.05) is 94.7 Å². The number of anilines is 6. The third kappa shape index (κ3) is 11.8. The van der Waals surface area contributed by atoms with E-state index >= 15 is 0 Å². The first-order valence-corrected chi connectivity index (χ1v) is 25.1. The number of nitrogens with one attached hydrogen (secondary N) is 2. The fraction of sp³-hybridized carbons (Fsp3) is 0.296. The van der Waals surface area contributed by atoms with Crippen molar-refractivity contribution in [1.82, 2.24) is 29.7 Å². The zero-order valence-electron chi connectivity index (χ0n) is 43.0. The van der Waals surface area contributed by atoms with Gasteiger partial charge in [-0.05, 0) is 98.5 Å². The molecule has 0 unspecified atom stereocenters. The lowest BCUT2D eigenvalue weighted by Gasteiger charge is -2.21. The summed E-state index contributed by atoms with van der Waals surface area (Å²) in [5, 5.41) is 9.35. The Morgan fingerprint density at radius 3 is 1.50 bits per heavy atom. The molecule has 0 spiro atoms. The van der Waals surface area contributed by atoms with Gasteiger partial charge >= 0.3 is 0 Å². The van der Waals surface area contributed by atoms with E-state index in [9.17, 15) is 9.59 Å². The first kappa shape index (κ1) is 53.9. The van der Waals surface area contributed by atoms with Gasteiger partial charge in [-0.15, -0.1) is 0 Å². The third-order valence-electron chi connectivity index (χ3n) is 12.9. The monoisotopic (exact) mass is 1070 g/mol. The van der Waals surface area contributed by atoms with Crippen molar-refractivity contribution >= 4 is 91.9 Å². The van der Waals surface area contributed by atoms with Crippen LogP contribution in [0.15, 0.2) is 81.9 Å².